The highest BCUT2D eigenvalue weighted by atomic mass is 32.2. The van der Waals surface area contributed by atoms with Gasteiger partial charge in [0.2, 0.25) is 0 Å². The van der Waals surface area contributed by atoms with Gasteiger partial charge in [-0.2, -0.15) is 8.42 Å². The Morgan fingerprint density at radius 3 is 2.48 bits per heavy atom. The number of rotatable bonds is 4. The van der Waals surface area contributed by atoms with Crippen LogP contribution in [0.4, 0.5) is 11.4 Å². The lowest BCUT2D eigenvalue weighted by Crippen LogP contribution is -2.43. The summed E-state index contributed by atoms with van der Waals surface area (Å²) in [5.41, 5.74) is 1.63. The number of aromatic amines is 1. The first-order valence-electron chi connectivity index (χ1n) is 6.72. The van der Waals surface area contributed by atoms with Gasteiger partial charge in [-0.1, -0.05) is 0 Å². The van der Waals surface area contributed by atoms with E-state index in [0.717, 1.165) is 31.9 Å². The number of anilines is 2. The molecule has 112 valence electrons. The normalized spacial score (nSPS) is 15.9. The lowest BCUT2D eigenvalue weighted by Gasteiger charge is -2.29. The predicted molar refractivity (Wildman–Crippen MR) is 80.9 cm³/mol. The van der Waals surface area contributed by atoms with Gasteiger partial charge in [-0.3, -0.25) is 4.72 Å². The smallest absolute Gasteiger partial charge is 0.278 e. The predicted octanol–water partition coefficient (Wildman–Crippen LogP) is 0.620. The molecule has 0 aliphatic carbocycles. The molecule has 0 bridgehead atoms. The average molecular weight is 307 g/mol. The lowest BCUT2D eigenvalue weighted by molar-refractivity contribution is 0.589. The van der Waals surface area contributed by atoms with Gasteiger partial charge in [0.15, 0.2) is 5.03 Å². The van der Waals surface area contributed by atoms with Crippen molar-refractivity contribution in [3.8, 4) is 0 Å². The van der Waals surface area contributed by atoms with Crippen LogP contribution in [0.3, 0.4) is 0 Å². The highest BCUT2D eigenvalue weighted by molar-refractivity contribution is 7.92. The summed E-state index contributed by atoms with van der Waals surface area (Å²) in [6.07, 6.45) is 2.61. The van der Waals surface area contributed by atoms with E-state index >= 15 is 0 Å². The van der Waals surface area contributed by atoms with E-state index in [1.807, 2.05) is 12.1 Å². The molecule has 1 fully saturated rings. The fourth-order valence-corrected chi connectivity index (χ4v) is 3.23. The van der Waals surface area contributed by atoms with Crippen molar-refractivity contribution in [3.05, 3.63) is 36.8 Å². The summed E-state index contributed by atoms with van der Waals surface area (Å²) in [5.74, 6) is 0. The molecule has 1 saturated heterocycles. The Morgan fingerprint density at radius 1 is 1.14 bits per heavy atom. The summed E-state index contributed by atoms with van der Waals surface area (Å²) in [4.78, 5) is 8.57. The van der Waals surface area contributed by atoms with Crippen LogP contribution in [0, 0.1) is 0 Å². The maximum Gasteiger partial charge on any atom is 0.278 e. The zero-order valence-corrected chi connectivity index (χ0v) is 12.2. The number of sulfonamides is 1. The first kappa shape index (κ1) is 13.9. The summed E-state index contributed by atoms with van der Waals surface area (Å²) < 4.78 is 26.6. The number of piperazine rings is 1. The van der Waals surface area contributed by atoms with Gasteiger partial charge < -0.3 is 15.2 Å². The van der Waals surface area contributed by atoms with E-state index in [0.29, 0.717) is 5.69 Å². The Kier molecular flexibility index (Phi) is 3.80. The average Bonchev–Trinajstić information content (AvgIpc) is 3.04. The van der Waals surface area contributed by atoms with Crippen LogP contribution in [0.2, 0.25) is 0 Å². The lowest BCUT2D eigenvalue weighted by atomic mass is 10.2. The van der Waals surface area contributed by atoms with Crippen LogP contribution < -0.4 is 14.9 Å². The van der Waals surface area contributed by atoms with Crippen LogP contribution in [-0.2, 0) is 10.0 Å². The minimum absolute atomic E-state index is 0.0497. The maximum atomic E-state index is 12.0. The quantitative estimate of drug-likeness (QED) is 0.770. The first-order chi connectivity index (χ1) is 10.1. The number of hydrogen-bond acceptors (Lipinski definition) is 5. The zero-order chi connectivity index (χ0) is 14.7. The van der Waals surface area contributed by atoms with Crippen LogP contribution in [0.5, 0.6) is 0 Å². The third kappa shape index (κ3) is 3.17. The van der Waals surface area contributed by atoms with E-state index < -0.39 is 10.0 Å². The van der Waals surface area contributed by atoms with Crippen molar-refractivity contribution >= 4 is 21.4 Å². The molecule has 1 aromatic carbocycles. The van der Waals surface area contributed by atoms with Crippen molar-refractivity contribution in [1.29, 1.82) is 0 Å². The van der Waals surface area contributed by atoms with Crippen molar-refractivity contribution in [2.45, 2.75) is 5.03 Å². The summed E-state index contributed by atoms with van der Waals surface area (Å²) >= 11 is 0. The van der Waals surface area contributed by atoms with Gasteiger partial charge in [0.05, 0.1) is 12.5 Å². The minimum Gasteiger partial charge on any atom is -0.369 e. The van der Waals surface area contributed by atoms with Crippen LogP contribution in [0.25, 0.3) is 0 Å². The number of nitrogens with one attached hydrogen (secondary N) is 3. The Hall–Kier alpha value is -2.06. The number of aromatic nitrogens is 2. The van der Waals surface area contributed by atoms with Gasteiger partial charge in [-0.15, -0.1) is 0 Å². The van der Waals surface area contributed by atoms with Crippen molar-refractivity contribution in [1.82, 2.24) is 15.3 Å². The molecule has 0 saturated carbocycles. The number of imidazole rings is 1. The Bertz CT molecular complexity index is 676. The molecule has 3 N–H and O–H groups in total. The fraction of sp³-hybridized carbons (Fsp3) is 0.308. The molecule has 0 atom stereocenters. The molecule has 21 heavy (non-hydrogen) atoms. The number of nitrogens with zero attached hydrogens (tertiary/aromatic N) is 2. The Balaban J connectivity index is 1.72. The van der Waals surface area contributed by atoms with Gasteiger partial charge in [-0.25, -0.2) is 4.98 Å². The second-order valence-corrected chi connectivity index (χ2v) is 6.46. The number of benzene rings is 1. The van der Waals surface area contributed by atoms with Gasteiger partial charge in [0.1, 0.15) is 0 Å². The Labute approximate surface area is 123 Å². The van der Waals surface area contributed by atoms with Crippen LogP contribution in [-0.4, -0.2) is 44.6 Å². The second-order valence-electron chi connectivity index (χ2n) is 4.81. The molecule has 2 aromatic rings. The summed E-state index contributed by atoms with van der Waals surface area (Å²) in [6.45, 7) is 3.85. The molecular weight excluding hydrogens is 290 g/mol. The molecule has 8 heteroatoms. The van der Waals surface area contributed by atoms with Crippen molar-refractivity contribution < 1.29 is 8.42 Å². The fourth-order valence-electron chi connectivity index (χ4n) is 2.26. The van der Waals surface area contributed by atoms with Crippen molar-refractivity contribution in [2.75, 3.05) is 35.8 Å². The summed E-state index contributed by atoms with van der Waals surface area (Å²) in [5, 5.41) is 3.35. The molecular formula is C13H17N5O2S. The molecule has 0 unspecified atom stereocenters. The standard InChI is InChI=1S/C13H17N5O2S/c19-21(20,13-9-15-10-16-13)17-11-1-3-12(4-2-11)18-7-5-14-6-8-18/h1-4,9-10,14,17H,5-8H2,(H,15,16). The van der Waals surface area contributed by atoms with Gasteiger partial charge in [-0.05, 0) is 24.3 Å². The molecule has 7 nitrogen and oxygen atoms in total. The molecule has 1 aromatic heterocycles. The molecule has 1 aliphatic rings. The highest BCUT2D eigenvalue weighted by Crippen LogP contribution is 2.20. The molecule has 0 spiro atoms. The van der Waals surface area contributed by atoms with E-state index in [1.54, 1.807) is 12.1 Å². The van der Waals surface area contributed by atoms with E-state index in [4.69, 9.17) is 0 Å². The summed E-state index contributed by atoms with van der Waals surface area (Å²) in [6, 6.07) is 7.39. The largest absolute Gasteiger partial charge is 0.369 e. The molecule has 2 heterocycles. The van der Waals surface area contributed by atoms with Gasteiger partial charge in [0, 0.05) is 37.6 Å². The Morgan fingerprint density at radius 2 is 1.86 bits per heavy atom. The van der Waals surface area contributed by atoms with E-state index in [-0.39, 0.29) is 5.03 Å². The molecule has 0 radical (unpaired) electrons. The summed E-state index contributed by atoms with van der Waals surface area (Å²) in [7, 11) is -3.60. The third-order valence-corrected chi connectivity index (χ3v) is 4.67. The number of hydrogen-bond donors (Lipinski definition) is 3. The topological polar surface area (TPSA) is 90.1 Å². The molecule has 1 aliphatic heterocycles. The van der Waals surface area contributed by atoms with Gasteiger partial charge in [0.25, 0.3) is 10.0 Å². The van der Waals surface area contributed by atoms with Gasteiger partial charge >= 0.3 is 0 Å². The molecule has 3 rings (SSSR count). The van der Waals surface area contributed by atoms with E-state index in [1.165, 1.54) is 12.5 Å². The first-order valence-corrected chi connectivity index (χ1v) is 8.20. The maximum absolute atomic E-state index is 12.0. The SMILES string of the molecule is O=S(=O)(Nc1ccc(N2CCNCC2)cc1)c1cnc[nH]1. The van der Waals surface area contributed by atoms with E-state index in [9.17, 15) is 8.42 Å². The van der Waals surface area contributed by atoms with Crippen LogP contribution in [0.1, 0.15) is 0 Å². The minimum atomic E-state index is -3.60. The van der Waals surface area contributed by atoms with Crippen molar-refractivity contribution in [2.24, 2.45) is 0 Å². The van der Waals surface area contributed by atoms with E-state index in [2.05, 4.69) is 24.9 Å². The second kappa shape index (κ2) is 5.74. The number of H-pyrrole nitrogens is 1. The van der Waals surface area contributed by atoms with Crippen molar-refractivity contribution in [3.63, 3.8) is 0 Å². The van der Waals surface area contributed by atoms with Crippen LogP contribution in [0.15, 0.2) is 41.8 Å². The monoisotopic (exact) mass is 307 g/mol. The third-order valence-electron chi connectivity index (χ3n) is 3.36. The van der Waals surface area contributed by atoms with Crippen LogP contribution >= 0.6 is 0 Å². The zero-order valence-electron chi connectivity index (χ0n) is 11.4. The molecule has 0 amide bonds. The highest BCUT2D eigenvalue weighted by Gasteiger charge is 2.16.